The molecule has 3 heteroatoms. The van der Waals surface area contributed by atoms with Crippen LogP contribution in [0.5, 0.6) is 0 Å². The number of rotatable bonds is 10. The van der Waals surface area contributed by atoms with Crippen molar-refractivity contribution >= 4 is 11.3 Å². The second-order valence-corrected chi connectivity index (χ2v) is 5.86. The Balaban J connectivity index is 2.14. The first-order valence-electron chi connectivity index (χ1n) is 7.25. The van der Waals surface area contributed by atoms with Gasteiger partial charge in [-0.05, 0) is 23.9 Å². The third kappa shape index (κ3) is 5.98. The highest BCUT2D eigenvalue weighted by Crippen LogP contribution is 2.10. The second kappa shape index (κ2) is 9.54. The van der Waals surface area contributed by atoms with E-state index in [1.54, 1.807) is 0 Å². The van der Waals surface area contributed by atoms with Gasteiger partial charge in [0.05, 0.1) is 0 Å². The maximum atomic E-state index is 3.53. The van der Waals surface area contributed by atoms with E-state index < -0.39 is 0 Å². The third-order valence-electron chi connectivity index (χ3n) is 3.60. The van der Waals surface area contributed by atoms with Crippen LogP contribution in [0, 0.1) is 5.92 Å². The second-order valence-electron chi connectivity index (χ2n) is 4.83. The molecule has 2 nitrogen and oxygen atoms in total. The van der Waals surface area contributed by atoms with Gasteiger partial charge >= 0.3 is 0 Å². The Morgan fingerprint density at radius 2 is 2.06 bits per heavy atom. The van der Waals surface area contributed by atoms with Gasteiger partial charge in [0, 0.05) is 31.1 Å². The molecule has 1 aromatic rings. The molecule has 0 amide bonds. The molecule has 0 aliphatic carbocycles. The molecule has 0 saturated carbocycles. The van der Waals surface area contributed by atoms with E-state index in [2.05, 4.69) is 48.5 Å². The van der Waals surface area contributed by atoms with Crippen LogP contribution in [0.25, 0.3) is 0 Å². The molecule has 0 aliphatic heterocycles. The molecule has 18 heavy (non-hydrogen) atoms. The minimum Gasteiger partial charge on any atom is -0.311 e. The zero-order chi connectivity index (χ0) is 13.2. The molecule has 1 heterocycles. The van der Waals surface area contributed by atoms with Crippen molar-refractivity contribution in [2.75, 3.05) is 26.2 Å². The maximum Gasteiger partial charge on any atom is 0.0300 e. The summed E-state index contributed by atoms with van der Waals surface area (Å²) in [5, 5.41) is 5.67. The first-order valence-corrected chi connectivity index (χ1v) is 8.13. The molecule has 0 unspecified atom stereocenters. The van der Waals surface area contributed by atoms with Crippen molar-refractivity contribution in [2.45, 2.75) is 40.2 Å². The van der Waals surface area contributed by atoms with Crippen LogP contribution >= 0.6 is 11.3 Å². The summed E-state index contributed by atoms with van der Waals surface area (Å²) >= 11 is 1.83. The Bertz CT molecular complexity index is 281. The van der Waals surface area contributed by atoms with Crippen molar-refractivity contribution in [3.05, 3.63) is 22.4 Å². The summed E-state index contributed by atoms with van der Waals surface area (Å²) < 4.78 is 0. The Morgan fingerprint density at radius 1 is 1.28 bits per heavy atom. The molecule has 0 fully saturated rings. The van der Waals surface area contributed by atoms with E-state index in [9.17, 15) is 0 Å². The molecule has 0 aliphatic rings. The molecular weight excluding hydrogens is 240 g/mol. The zero-order valence-corrected chi connectivity index (χ0v) is 12.9. The van der Waals surface area contributed by atoms with Crippen molar-refractivity contribution in [1.82, 2.24) is 10.2 Å². The van der Waals surface area contributed by atoms with Crippen LogP contribution in [0.2, 0.25) is 0 Å². The van der Waals surface area contributed by atoms with Gasteiger partial charge in [-0.1, -0.05) is 39.7 Å². The van der Waals surface area contributed by atoms with Crippen LogP contribution in [0.1, 0.15) is 38.5 Å². The number of likely N-dealkylation sites (N-methyl/N-ethyl adjacent to an activating group) is 1. The maximum absolute atomic E-state index is 3.53. The topological polar surface area (TPSA) is 15.3 Å². The van der Waals surface area contributed by atoms with Crippen molar-refractivity contribution in [3.63, 3.8) is 0 Å². The van der Waals surface area contributed by atoms with E-state index >= 15 is 0 Å². The molecule has 1 N–H and O–H groups in total. The Kier molecular flexibility index (Phi) is 8.31. The molecular formula is C15H28N2S. The lowest BCUT2D eigenvalue weighted by Gasteiger charge is -2.25. The van der Waals surface area contributed by atoms with Crippen molar-refractivity contribution in [2.24, 2.45) is 5.92 Å². The summed E-state index contributed by atoms with van der Waals surface area (Å²) in [5.41, 5.74) is 0. The molecule has 0 saturated heterocycles. The normalized spacial score (nSPS) is 11.6. The third-order valence-corrected chi connectivity index (χ3v) is 4.48. The fourth-order valence-electron chi connectivity index (χ4n) is 2.15. The average molecular weight is 268 g/mol. The number of hydrogen-bond acceptors (Lipinski definition) is 3. The van der Waals surface area contributed by atoms with Gasteiger partial charge in [-0.15, -0.1) is 11.3 Å². The SMILES string of the molecule is CCC(CC)CN(CC)CCNCc1cccs1. The molecule has 0 aromatic carbocycles. The van der Waals surface area contributed by atoms with Crippen LogP contribution in [-0.2, 0) is 6.54 Å². The molecule has 1 aromatic heterocycles. The zero-order valence-electron chi connectivity index (χ0n) is 12.1. The molecule has 1 rings (SSSR count). The summed E-state index contributed by atoms with van der Waals surface area (Å²) in [6.45, 7) is 12.6. The highest BCUT2D eigenvalue weighted by Gasteiger charge is 2.09. The lowest BCUT2D eigenvalue weighted by Crippen LogP contribution is -2.35. The van der Waals surface area contributed by atoms with Gasteiger partial charge in [0.2, 0.25) is 0 Å². The van der Waals surface area contributed by atoms with Gasteiger partial charge in [-0.2, -0.15) is 0 Å². The number of thiophene rings is 1. The van der Waals surface area contributed by atoms with Crippen LogP contribution in [0.3, 0.4) is 0 Å². The van der Waals surface area contributed by atoms with Crippen LogP contribution in [0.4, 0.5) is 0 Å². The van der Waals surface area contributed by atoms with E-state index in [4.69, 9.17) is 0 Å². The van der Waals surface area contributed by atoms with Gasteiger partial charge in [0.15, 0.2) is 0 Å². The molecule has 0 bridgehead atoms. The highest BCUT2D eigenvalue weighted by molar-refractivity contribution is 7.09. The summed E-state index contributed by atoms with van der Waals surface area (Å²) in [7, 11) is 0. The number of nitrogens with zero attached hydrogens (tertiary/aromatic N) is 1. The minimum atomic E-state index is 0.863. The summed E-state index contributed by atoms with van der Waals surface area (Å²) in [4.78, 5) is 4.00. The van der Waals surface area contributed by atoms with E-state index in [0.29, 0.717) is 0 Å². The molecule has 0 spiro atoms. The standard InChI is InChI=1S/C15H28N2S/c1-4-14(5-2)13-17(6-3)10-9-16-12-15-8-7-11-18-15/h7-8,11,14,16H,4-6,9-10,12-13H2,1-3H3. The molecule has 0 radical (unpaired) electrons. The quantitative estimate of drug-likeness (QED) is 0.652. The first kappa shape index (κ1) is 15.7. The summed E-state index contributed by atoms with van der Waals surface area (Å²) in [6.07, 6.45) is 2.60. The first-order chi connectivity index (χ1) is 8.80. The van der Waals surface area contributed by atoms with Gasteiger partial charge in [-0.25, -0.2) is 0 Å². The van der Waals surface area contributed by atoms with Gasteiger partial charge in [0.1, 0.15) is 0 Å². The Hall–Kier alpha value is -0.380. The minimum absolute atomic E-state index is 0.863. The van der Waals surface area contributed by atoms with Crippen molar-refractivity contribution in [1.29, 1.82) is 0 Å². The fourth-order valence-corrected chi connectivity index (χ4v) is 2.83. The number of nitrogens with one attached hydrogen (secondary N) is 1. The highest BCUT2D eigenvalue weighted by atomic mass is 32.1. The lowest BCUT2D eigenvalue weighted by atomic mass is 10.0. The van der Waals surface area contributed by atoms with Gasteiger partial charge in [0.25, 0.3) is 0 Å². The van der Waals surface area contributed by atoms with Crippen LogP contribution in [-0.4, -0.2) is 31.1 Å². The smallest absolute Gasteiger partial charge is 0.0300 e. The number of hydrogen-bond donors (Lipinski definition) is 1. The fraction of sp³-hybridized carbons (Fsp3) is 0.733. The molecule has 104 valence electrons. The largest absolute Gasteiger partial charge is 0.311 e. The van der Waals surface area contributed by atoms with Gasteiger partial charge in [-0.3, -0.25) is 0 Å². The van der Waals surface area contributed by atoms with E-state index in [-0.39, 0.29) is 0 Å². The average Bonchev–Trinajstić information content (AvgIpc) is 2.91. The van der Waals surface area contributed by atoms with E-state index in [1.807, 2.05) is 11.3 Å². The van der Waals surface area contributed by atoms with Crippen molar-refractivity contribution in [3.8, 4) is 0 Å². The Labute approximate surface area is 116 Å². The summed E-state index contributed by atoms with van der Waals surface area (Å²) in [6, 6.07) is 4.31. The van der Waals surface area contributed by atoms with E-state index in [1.165, 1.54) is 30.8 Å². The van der Waals surface area contributed by atoms with Crippen LogP contribution in [0.15, 0.2) is 17.5 Å². The van der Waals surface area contributed by atoms with E-state index in [0.717, 1.165) is 25.6 Å². The van der Waals surface area contributed by atoms with Gasteiger partial charge < -0.3 is 10.2 Å². The summed E-state index contributed by atoms with van der Waals surface area (Å²) in [5.74, 6) is 0.863. The predicted molar refractivity (Wildman–Crippen MR) is 82.2 cm³/mol. The predicted octanol–water partition coefficient (Wildman–Crippen LogP) is 3.60. The lowest BCUT2D eigenvalue weighted by molar-refractivity contribution is 0.234. The monoisotopic (exact) mass is 268 g/mol. The molecule has 0 atom stereocenters. The Morgan fingerprint density at radius 3 is 2.61 bits per heavy atom. The van der Waals surface area contributed by atoms with Crippen molar-refractivity contribution < 1.29 is 0 Å². The van der Waals surface area contributed by atoms with Crippen LogP contribution < -0.4 is 5.32 Å².